The van der Waals surface area contributed by atoms with Gasteiger partial charge in [0.2, 0.25) is 0 Å². The third-order valence-electron chi connectivity index (χ3n) is 4.96. The summed E-state index contributed by atoms with van der Waals surface area (Å²) in [5.41, 5.74) is 3.94. The lowest BCUT2D eigenvalue weighted by molar-refractivity contribution is 0.0413. The Kier molecular flexibility index (Phi) is 3.95. The lowest BCUT2D eigenvalue weighted by Crippen LogP contribution is -2.38. The maximum Gasteiger partial charge on any atom is 0.0760 e. The van der Waals surface area contributed by atoms with Gasteiger partial charge in [-0.1, -0.05) is 0 Å². The van der Waals surface area contributed by atoms with E-state index >= 15 is 0 Å². The smallest absolute Gasteiger partial charge is 0.0760 e. The number of hydrogen-bond donors (Lipinski definition) is 0. The second-order valence-corrected chi connectivity index (χ2v) is 6.92. The highest BCUT2D eigenvalue weighted by Crippen LogP contribution is 2.33. The van der Waals surface area contributed by atoms with Crippen LogP contribution in [0, 0.1) is 5.92 Å². The molecule has 1 fully saturated rings. The minimum absolute atomic E-state index is 0.283. The normalized spacial score (nSPS) is 21.6. The van der Waals surface area contributed by atoms with E-state index < -0.39 is 0 Å². The predicted octanol–water partition coefficient (Wildman–Crippen LogP) is 1.68. The van der Waals surface area contributed by atoms with Crippen molar-refractivity contribution in [2.24, 2.45) is 20.0 Å². The second-order valence-electron chi connectivity index (χ2n) is 6.92. The lowest BCUT2D eigenvalue weighted by atomic mass is 9.99. The SMILES string of the molecule is Cn1cc(CN2CCc3cnn(C)c3C2COCC2CC2)cn1. The van der Waals surface area contributed by atoms with Crippen molar-refractivity contribution in [3.05, 3.63) is 35.4 Å². The van der Waals surface area contributed by atoms with E-state index in [0.29, 0.717) is 0 Å². The highest BCUT2D eigenvalue weighted by Gasteiger charge is 2.31. The first kappa shape index (κ1) is 14.9. The quantitative estimate of drug-likeness (QED) is 0.814. The van der Waals surface area contributed by atoms with Crippen LogP contribution in [0.15, 0.2) is 18.6 Å². The zero-order valence-corrected chi connectivity index (χ0v) is 14.0. The number of aryl methyl sites for hydroxylation is 2. The van der Waals surface area contributed by atoms with Crippen molar-refractivity contribution < 1.29 is 4.74 Å². The summed E-state index contributed by atoms with van der Waals surface area (Å²) < 4.78 is 9.94. The molecule has 2 aliphatic rings. The lowest BCUT2D eigenvalue weighted by Gasteiger charge is -2.35. The average Bonchev–Trinajstić information content (AvgIpc) is 3.16. The van der Waals surface area contributed by atoms with Crippen LogP contribution >= 0.6 is 0 Å². The van der Waals surface area contributed by atoms with Gasteiger partial charge in [-0.2, -0.15) is 10.2 Å². The first-order valence-electron chi connectivity index (χ1n) is 8.51. The molecule has 1 aliphatic carbocycles. The molecule has 3 heterocycles. The summed E-state index contributed by atoms with van der Waals surface area (Å²) in [6, 6.07) is 0.283. The molecular weight excluding hydrogens is 290 g/mol. The van der Waals surface area contributed by atoms with Crippen LogP contribution in [0.5, 0.6) is 0 Å². The Morgan fingerprint density at radius 1 is 1.17 bits per heavy atom. The summed E-state index contributed by atoms with van der Waals surface area (Å²) >= 11 is 0. The van der Waals surface area contributed by atoms with Gasteiger partial charge in [0.15, 0.2) is 0 Å². The van der Waals surface area contributed by atoms with Gasteiger partial charge in [-0.05, 0) is 30.7 Å². The van der Waals surface area contributed by atoms with Crippen molar-refractivity contribution in [3.63, 3.8) is 0 Å². The van der Waals surface area contributed by atoms with Crippen molar-refractivity contribution in [1.82, 2.24) is 24.5 Å². The Hall–Kier alpha value is -1.66. The molecule has 6 heteroatoms. The standard InChI is InChI=1S/C17H25N5O/c1-20-9-14(7-18-20)10-22-6-5-15-8-19-21(2)17(15)16(22)12-23-11-13-3-4-13/h7-9,13,16H,3-6,10-12H2,1-2H3. The summed E-state index contributed by atoms with van der Waals surface area (Å²) in [5, 5.41) is 8.76. The van der Waals surface area contributed by atoms with Gasteiger partial charge in [-0.3, -0.25) is 14.3 Å². The van der Waals surface area contributed by atoms with Crippen LogP contribution < -0.4 is 0 Å². The molecule has 1 atom stereocenters. The maximum atomic E-state index is 6.05. The Bertz CT molecular complexity index is 672. The molecule has 4 rings (SSSR count). The fourth-order valence-corrected chi connectivity index (χ4v) is 3.50. The monoisotopic (exact) mass is 315 g/mol. The van der Waals surface area contributed by atoms with Crippen molar-refractivity contribution in [2.75, 3.05) is 19.8 Å². The molecule has 1 unspecified atom stereocenters. The first-order chi connectivity index (χ1) is 11.2. The topological polar surface area (TPSA) is 48.1 Å². The molecule has 0 spiro atoms. The molecule has 2 aromatic rings. The molecule has 1 aliphatic heterocycles. The van der Waals surface area contributed by atoms with Crippen LogP contribution in [0.25, 0.3) is 0 Å². The van der Waals surface area contributed by atoms with E-state index in [1.54, 1.807) is 0 Å². The van der Waals surface area contributed by atoms with E-state index in [-0.39, 0.29) is 6.04 Å². The zero-order chi connectivity index (χ0) is 15.8. The largest absolute Gasteiger partial charge is 0.379 e. The van der Waals surface area contributed by atoms with E-state index in [4.69, 9.17) is 4.74 Å². The Labute approximate surface area is 137 Å². The molecule has 0 aromatic carbocycles. The van der Waals surface area contributed by atoms with Gasteiger partial charge in [0.05, 0.1) is 30.7 Å². The van der Waals surface area contributed by atoms with Crippen LogP contribution in [0.2, 0.25) is 0 Å². The van der Waals surface area contributed by atoms with Gasteiger partial charge in [-0.15, -0.1) is 0 Å². The van der Waals surface area contributed by atoms with Gasteiger partial charge >= 0.3 is 0 Å². The van der Waals surface area contributed by atoms with E-state index in [0.717, 1.165) is 38.6 Å². The second kappa shape index (κ2) is 6.09. The van der Waals surface area contributed by atoms with Crippen molar-refractivity contribution in [1.29, 1.82) is 0 Å². The van der Waals surface area contributed by atoms with Gasteiger partial charge in [0, 0.05) is 45.6 Å². The van der Waals surface area contributed by atoms with Gasteiger partial charge in [0.25, 0.3) is 0 Å². The number of aromatic nitrogens is 4. The highest BCUT2D eigenvalue weighted by molar-refractivity contribution is 5.25. The van der Waals surface area contributed by atoms with Crippen molar-refractivity contribution in [2.45, 2.75) is 31.8 Å². The van der Waals surface area contributed by atoms with E-state index in [9.17, 15) is 0 Å². The van der Waals surface area contributed by atoms with E-state index in [1.807, 2.05) is 35.9 Å². The third-order valence-corrected chi connectivity index (χ3v) is 4.96. The molecule has 124 valence electrons. The fraction of sp³-hybridized carbons (Fsp3) is 0.647. The number of ether oxygens (including phenoxy) is 1. The summed E-state index contributed by atoms with van der Waals surface area (Å²) in [5.74, 6) is 0.802. The average molecular weight is 315 g/mol. The fourth-order valence-electron chi connectivity index (χ4n) is 3.50. The summed E-state index contributed by atoms with van der Waals surface area (Å²) in [6.45, 7) is 3.62. The third kappa shape index (κ3) is 3.19. The number of fused-ring (bicyclic) bond motifs is 1. The van der Waals surface area contributed by atoms with E-state index in [1.165, 1.54) is 29.7 Å². The molecule has 0 N–H and O–H groups in total. The van der Waals surface area contributed by atoms with Gasteiger partial charge < -0.3 is 4.74 Å². The molecule has 0 radical (unpaired) electrons. The molecule has 0 saturated heterocycles. The number of hydrogen-bond acceptors (Lipinski definition) is 4. The van der Waals surface area contributed by atoms with Gasteiger partial charge in [0.1, 0.15) is 0 Å². The summed E-state index contributed by atoms with van der Waals surface area (Å²) in [6.07, 6.45) is 9.80. The number of rotatable bonds is 6. The predicted molar refractivity (Wildman–Crippen MR) is 86.8 cm³/mol. The maximum absolute atomic E-state index is 6.05. The summed E-state index contributed by atoms with van der Waals surface area (Å²) in [7, 11) is 4.01. The minimum Gasteiger partial charge on any atom is -0.379 e. The molecule has 0 bridgehead atoms. The molecule has 23 heavy (non-hydrogen) atoms. The first-order valence-corrected chi connectivity index (χ1v) is 8.51. The Morgan fingerprint density at radius 3 is 2.78 bits per heavy atom. The Morgan fingerprint density at radius 2 is 2.04 bits per heavy atom. The Balaban J connectivity index is 1.52. The molecule has 0 amide bonds. The van der Waals surface area contributed by atoms with E-state index in [2.05, 4.69) is 21.3 Å². The molecule has 1 saturated carbocycles. The molecular formula is C17H25N5O. The van der Waals surface area contributed by atoms with Crippen LogP contribution in [-0.2, 0) is 31.8 Å². The molecule has 6 nitrogen and oxygen atoms in total. The van der Waals surface area contributed by atoms with Gasteiger partial charge in [-0.25, -0.2) is 0 Å². The van der Waals surface area contributed by atoms with Crippen LogP contribution in [0.1, 0.15) is 35.7 Å². The zero-order valence-electron chi connectivity index (χ0n) is 14.0. The minimum atomic E-state index is 0.283. The van der Waals surface area contributed by atoms with Crippen LogP contribution in [0.4, 0.5) is 0 Å². The van der Waals surface area contributed by atoms with Crippen LogP contribution in [-0.4, -0.2) is 44.2 Å². The highest BCUT2D eigenvalue weighted by atomic mass is 16.5. The molecule has 2 aromatic heterocycles. The number of nitrogens with zero attached hydrogens (tertiary/aromatic N) is 5. The van der Waals surface area contributed by atoms with Crippen LogP contribution in [0.3, 0.4) is 0 Å². The van der Waals surface area contributed by atoms with Crippen molar-refractivity contribution in [3.8, 4) is 0 Å². The van der Waals surface area contributed by atoms with Crippen molar-refractivity contribution >= 4 is 0 Å². The summed E-state index contributed by atoms with van der Waals surface area (Å²) in [4.78, 5) is 2.51.